The minimum atomic E-state index is -0.543. The molecule has 0 saturated carbocycles. The highest BCUT2D eigenvalue weighted by atomic mass is 35.5. The number of benzene rings is 2. The Labute approximate surface area is 193 Å². The molecule has 2 aromatic carbocycles. The standard InChI is InChI=1S/C21H20ClFN6O2S/c22-16-12-15(6-7-17(16)23)24-18(30)13-32-21-27-19(25-14-4-2-1-3-5-14)26-20(28-21)29-8-10-31-11-9-29/h1-7,12H,8-11,13H2,(H,24,30)(H,25,26,27,28). The monoisotopic (exact) mass is 474 g/mol. The third kappa shape index (κ3) is 6.06. The Balaban J connectivity index is 1.47. The number of carbonyl (C=O) groups is 1. The number of para-hydroxylation sites is 1. The number of rotatable bonds is 7. The van der Waals surface area contributed by atoms with Crippen molar-refractivity contribution in [2.75, 3.05) is 47.6 Å². The van der Waals surface area contributed by atoms with Crippen LogP contribution in [-0.2, 0) is 9.53 Å². The number of nitrogens with one attached hydrogen (secondary N) is 2. The van der Waals surface area contributed by atoms with Gasteiger partial charge in [-0.1, -0.05) is 41.6 Å². The fraction of sp³-hybridized carbons (Fsp3) is 0.238. The third-order valence-electron chi connectivity index (χ3n) is 4.46. The fourth-order valence-electron chi connectivity index (χ4n) is 2.92. The predicted molar refractivity (Wildman–Crippen MR) is 123 cm³/mol. The summed E-state index contributed by atoms with van der Waals surface area (Å²) in [7, 11) is 0. The Morgan fingerprint density at radius 3 is 2.62 bits per heavy atom. The van der Waals surface area contributed by atoms with E-state index < -0.39 is 5.82 Å². The molecule has 2 heterocycles. The van der Waals surface area contributed by atoms with E-state index in [1.165, 1.54) is 30.0 Å². The molecule has 166 valence electrons. The summed E-state index contributed by atoms with van der Waals surface area (Å²) in [6.07, 6.45) is 0. The lowest BCUT2D eigenvalue weighted by Gasteiger charge is -2.27. The molecule has 1 saturated heterocycles. The zero-order chi connectivity index (χ0) is 22.3. The van der Waals surface area contributed by atoms with Gasteiger partial charge in [0.1, 0.15) is 5.82 Å². The molecule has 0 atom stereocenters. The van der Waals surface area contributed by atoms with Gasteiger partial charge in [0.25, 0.3) is 0 Å². The average molecular weight is 475 g/mol. The molecule has 0 radical (unpaired) electrons. The van der Waals surface area contributed by atoms with Crippen LogP contribution in [0, 0.1) is 5.82 Å². The molecule has 2 N–H and O–H groups in total. The molecule has 8 nitrogen and oxygen atoms in total. The van der Waals surface area contributed by atoms with E-state index >= 15 is 0 Å². The molecule has 3 aromatic rings. The molecule has 0 unspecified atom stereocenters. The zero-order valence-corrected chi connectivity index (χ0v) is 18.5. The van der Waals surface area contributed by atoms with E-state index in [1.807, 2.05) is 35.2 Å². The first-order chi connectivity index (χ1) is 15.6. The summed E-state index contributed by atoms with van der Waals surface area (Å²) in [6, 6.07) is 13.6. The molecular weight excluding hydrogens is 455 g/mol. The number of aromatic nitrogens is 3. The van der Waals surface area contributed by atoms with E-state index in [9.17, 15) is 9.18 Å². The highest BCUT2D eigenvalue weighted by Gasteiger charge is 2.17. The Morgan fingerprint density at radius 1 is 1.09 bits per heavy atom. The quantitative estimate of drug-likeness (QED) is 0.497. The molecular formula is C21H20ClFN6O2S. The van der Waals surface area contributed by atoms with E-state index in [1.54, 1.807) is 0 Å². The molecule has 32 heavy (non-hydrogen) atoms. The Kier molecular flexibility index (Phi) is 7.35. The lowest BCUT2D eigenvalue weighted by atomic mass is 10.3. The second-order valence-electron chi connectivity index (χ2n) is 6.80. The smallest absolute Gasteiger partial charge is 0.234 e. The van der Waals surface area contributed by atoms with E-state index in [0.29, 0.717) is 49.0 Å². The van der Waals surface area contributed by atoms with Gasteiger partial charge >= 0.3 is 0 Å². The van der Waals surface area contributed by atoms with E-state index in [2.05, 4.69) is 25.6 Å². The first-order valence-electron chi connectivity index (χ1n) is 9.85. The van der Waals surface area contributed by atoms with Crippen molar-refractivity contribution < 1.29 is 13.9 Å². The maximum Gasteiger partial charge on any atom is 0.234 e. The highest BCUT2D eigenvalue weighted by molar-refractivity contribution is 7.99. The summed E-state index contributed by atoms with van der Waals surface area (Å²) >= 11 is 6.95. The van der Waals surface area contributed by atoms with Gasteiger partial charge in [0, 0.05) is 24.5 Å². The van der Waals surface area contributed by atoms with Crippen molar-refractivity contribution >= 4 is 52.5 Å². The molecule has 1 aliphatic rings. The molecule has 1 amide bonds. The number of halogens is 2. The number of hydrogen-bond acceptors (Lipinski definition) is 8. The van der Waals surface area contributed by atoms with Crippen LogP contribution in [-0.4, -0.2) is 52.9 Å². The minimum absolute atomic E-state index is 0.0558. The van der Waals surface area contributed by atoms with Gasteiger partial charge in [0.05, 0.1) is 24.0 Å². The zero-order valence-electron chi connectivity index (χ0n) is 16.9. The number of hydrogen-bond donors (Lipinski definition) is 2. The molecule has 1 fully saturated rings. The molecule has 0 aliphatic carbocycles. The summed E-state index contributed by atoms with van der Waals surface area (Å²) in [5.74, 6) is 0.143. The van der Waals surface area contributed by atoms with Crippen LogP contribution in [0.15, 0.2) is 53.7 Å². The Bertz CT molecular complexity index is 1090. The van der Waals surface area contributed by atoms with Crippen molar-refractivity contribution in [2.45, 2.75) is 5.16 Å². The second-order valence-corrected chi connectivity index (χ2v) is 8.15. The molecule has 11 heteroatoms. The topological polar surface area (TPSA) is 92.3 Å². The van der Waals surface area contributed by atoms with Gasteiger partial charge < -0.3 is 20.3 Å². The number of thioether (sulfide) groups is 1. The van der Waals surface area contributed by atoms with Crippen LogP contribution in [0.4, 0.5) is 27.7 Å². The maximum absolute atomic E-state index is 13.3. The van der Waals surface area contributed by atoms with Crippen LogP contribution < -0.4 is 15.5 Å². The van der Waals surface area contributed by atoms with Gasteiger partial charge in [0.2, 0.25) is 17.8 Å². The van der Waals surface area contributed by atoms with Gasteiger partial charge in [-0.05, 0) is 30.3 Å². The second kappa shape index (κ2) is 10.6. The van der Waals surface area contributed by atoms with Crippen LogP contribution in [0.25, 0.3) is 0 Å². The average Bonchev–Trinajstić information content (AvgIpc) is 2.81. The van der Waals surface area contributed by atoms with Crippen molar-refractivity contribution in [3.8, 4) is 0 Å². The van der Waals surface area contributed by atoms with E-state index in [4.69, 9.17) is 16.3 Å². The number of amides is 1. The van der Waals surface area contributed by atoms with E-state index in [-0.39, 0.29) is 16.7 Å². The van der Waals surface area contributed by atoms with Crippen LogP contribution in [0.3, 0.4) is 0 Å². The summed E-state index contributed by atoms with van der Waals surface area (Å²) in [4.78, 5) is 27.9. The van der Waals surface area contributed by atoms with Crippen LogP contribution >= 0.6 is 23.4 Å². The van der Waals surface area contributed by atoms with Crippen molar-refractivity contribution in [3.63, 3.8) is 0 Å². The highest BCUT2D eigenvalue weighted by Crippen LogP contribution is 2.23. The summed E-state index contributed by atoms with van der Waals surface area (Å²) < 4.78 is 18.7. The van der Waals surface area contributed by atoms with Gasteiger partial charge in [-0.3, -0.25) is 4.79 Å². The molecule has 4 rings (SSSR count). The number of anilines is 4. The van der Waals surface area contributed by atoms with E-state index in [0.717, 1.165) is 5.69 Å². The number of morpholine rings is 1. The largest absolute Gasteiger partial charge is 0.378 e. The van der Waals surface area contributed by atoms with Crippen LogP contribution in [0.2, 0.25) is 5.02 Å². The van der Waals surface area contributed by atoms with Gasteiger partial charge in [0.15, 0.2) is 5.16 Å². The summed E-state index contributed by atoms with van der Waals surface area (Å²) in [5.41, 5.74) is 1.26. The summed E-state index contributed by atoms with van der Waals surface area (Å²) in [5, 5.41) is 6.22. The minimum Gasteiger partial charge on any atom is -0.378 e. The van der Waals surface area contributed by atoms with Crippen molar-refractivity contribution in [3.05, 3.63) is 59.4 Å². The summed E-state index contributed by atoms with van der Waals surface area (Å²) in [6.45, 7) is 2.53. The third-order valence-corrected chi connectivity index (χ3v) is 5.60. The number of nitrogens with zero attached hydrogens (tertiary/aromatic N) is 4. The normalized spacial score (nSPS) is 13.6. The number of carbonyl (C=O) groups excluding carboxylic acids is 1. The first kappa shape index (κ1) is 22.3. The molecule has 0 bridgehead atoms. The van der Waals surface area contributed by atoms with Gasteiger partial charge in [-0.15, -0.1) is 0 Å². The lowest BCUT2D eigenvalue weighted by Crippen LogP contribution is -2.37. The fourth-order valence-corrected chi connectivity index (χ4v) is 3.73. The maximum atomic E-state index is 13.3. The van der Waals surface area contributed by atoms with Crippen molar-refractivity contribution in [1.82, 2.24) is 15.0 Å². The van der Waals surface area contributed by atoms with Crippen molar-refractivity contribution in [1.29, 1.82) is 0 Å². The number of ether oxygens (including phenoxy) is 1. The van der Waals surface area contributed by atoms with Gasteiger partial charge in [-0.2, -0.15) is 15.0 Å². The van der Waals surface area contributed by atoms with Crippen molar-refractivity contribution in [2.24, 2.45) is 0 Å². The van der Waals surface area contributed by atoms with Gasteiger partial charge in [-0.25, -0.2) is 4.39 Å². The molecule has 1 aliphatic heterocycles. The molecule has 1 aromatic heterocycles. The van der Waals surface area contributed by atoms with Crippen LogP contribution in [0.5, 0.6) is 0 Å². The first-order valence-corrected chi connectivity index (χ1v) is 11.2. The SMILES string of the molecule is O=C(CSc1nc(Nc2ccccc2)nc(N2CCOCC2)n1)Nc1ccc(F)c(Cl)c1. The van der Waals surface area contributed by atoms with Crippen LogP contribution in [0.1, 0.15) is 0 Å². The molecule has 0 spiro atoms. The predicted octanol–water partition coefficient (Wildman–Crippen LogP) is 3.98. The Hall–Kier alpha value is -2.95. The lowest BCUT2D eigenvalue weighted by molar-refractivity contribution is -0.113. The Morgan fingerprint density at radius 2 is 1.88 bits per heavy atom.